The molecule has 0 saturated carbocycles. The molecule has 6 nitrogen and oxygen atoms in total. The Morgan fingerprint density at radius 1 is 1.58 bits per heavy atom. The summed E-state index contributed by atoms with van der Waals surface area (Å²) >= 11 is 0. The van der Waals surface area contributed by atoms with E-state index in [1.54, 1.807) is 10.4 Å². The van der Waals surface area contributed by atoms with Crippen LogP contribution in [0.3, 0.4) is 0 Å². The van der Waals surface area contributed by atoms with Gasteiger partial charge in [0, 0.05) is 13.1 Å². The van der Waals surface area contributed by atoms with Crippen molar-refractivity contribution in [3.63, 3.8) is 0 Å². The third-order valence-corrected chi connectivity index (χ3v) is 2.09. The number of rotatable bonds is 0. The number of nitrogens with one attached hydrogen (secondary N) is 1. The second-order valence-electron chi connectivity index (χ2n) is 2.82. The van der Waals surface area contributed by atoms with E-state index in [2.05, 4.69) is 15.4 Å². The molecule has 0 bridgehead atoms. The molecule has 0 spiro atoms. The largest absolute Gasteiger partial charge is 0.351 e. The van der Waals surface area contributed by atoms with Gasteiger partial charge in [-0.2, -0.15) is 0 Å². The van der Waals surface area contributed by atoms with E-state index in [4.69, 9.17) is 4.84 Å². The van der Waals surface area contributed by atoms with Crippen LogP contribution >= 0.6 is 0 Å². The summed E-state index contributed by atoms with van der Waals surface area (Å²) in [7, 11) is 0. The molecule has 12 heavy (non-hydrogen) atoms. The highest BCUT2D eigenvalue weighted by atomic mass is 16.8. The average molecular weight is 167 g/mol. The van der Waals surface area contributed by atoms with Crippen molar-refractivity contribution in [3.8, 4) is 0 Å². The molecule has 3 rings (SSSR count). The number of hydrogen-bond donors (Lipinski definition) is 1. The summed E-state index contributed by atoms with van der Waals surface area (Å²) in [5.74, 6) is 0. The van der Waals surface area contributed by atoms with Gasteiger partial charge in [0.25, 0.3) is 0 Å². The van der Waals surface area contributed by atoms with Gasteiger partial charge in [-0.05, 0) is 0 Å². The van der Waals surface area contributed by atoms with Crippen molar-refractivity contribution in [1.82, 2.24) is 20.7 Å². The summed E-state index contributed by atoms with van der Waals surface area (Å²) in [5.41, 5.74) is 1.19. The van der Waals surface area contributed by atoms with Crippen LogP contribution in [0.25, 0.3) is 0 Å². The first-order valence-corrected chi connectivity index (χ1v) is 3.92. The lowest BCUT2D eigenvalue weighted by molar-refractivity contribution is -0.284. The highest BCUT2D eigenvalue weighted by Crippen LogP contribution is 2.24. The monoisotopic (exact) mass is 167 g/mol. The molecule has 0 aliphatic carbocycles. The first kappa shape index (κ1) is 6.27. The van der Waals surface area contributed by atoms with Crippen LogP contribution < -0.4 is 5.32 Å². The Balaban J connectivity index is 1.91. The third kappa shape index (κ3) is 0.678. The summed E-state index contributed by atoms with van der Waals surface area (Å²) in [6.07, 6.45) is 3.38. The molecule has 6 heteroatoms. The number of hydrazine groups is 2. The molecule has 3 aliphatic heterocycles. The number of piperazine rings is 1. The summed E-state index contributed by atoms with van der Waals surface area (Å²) in [6, 6.07) is 0. The molecule has 64 valence electrons. The van der Waals surface area contributed by atoms with Crippen molar-refractivity contribution in [2.24, 2.45) is 5.10 Å². The van der Waals surface area contributed by atoms with Crippen molar-refractivity contribution in [1.29, 1.82) is 0 Å². The lowest BCUT2D eigenvalue weighted by Crippen LogP contribution is -2.48. The van der Waals surface area contributed by atoms with Crippen LogP contribution in [0.1, 0.15) is 0 Å². The van der Waals surface area contributed by atoms with Gasteiger partial charge in [-0.1, -0.05) is 0 Å². The standard InChI is InChI=1S/C6H9N5O/c1-2-9-6(3-7-1)4-10-8-5-12-11(9)10/h4-5,7H,1-3H2. The van der Waals surface area contributed by atoms with E-state index in [0.717, 1.165) is 19.6 Å². The fourth-order valence-corrected chi connectivity index (χ4v) is 1.53. The minimum atomic E-state index is 0.881. The van der Waals surface area contributed by atoms with Crippen molar-refractivity contribution in [2.75, 3.05) is 19.6 Å². The van der Waals surface area contributed by atoms with Gasteiger partial charge in [0.1, 0.15) is 0 Å². The van der Waals surface area contributed by atoms with Gasteiger partial charge < -0.3 is 10.2 Å². The van der Waals surface area contributed by atoms with Gasteiger partial charge in [0.15, 0.2) is 0 Å². The Morgan fingerprint density at radius 2 is 2.58 bits per heavy atom. The van der Waals surface area contributed by atoms with E-state index in [1.165, 1.54) is 12.1 Å². The molecule has 1 N–H and O–H groups in total. The minimum absolute atomic E-state index is 0.881. The van der Waals surface area contributed by atoms with E-state index < -0.39 is 0 Å². The Morgan fingerprint density at radius 3 is 3.58 bits per heavy atom. The highest BCUT2D eigenvalue weighted by molar-refractivity contribution is 5.47. The lowest BCUT2D eigenvalue weighted by atomic mass is 10.3. The maximum absolute atomic E-state index is 5.16. The first-order chi connectivity index (χ1) is 5.95. The van der Waals surface area contributed by atoms with Gasteiger partial charge >= 0.3 is 0 Å². The molecular formula is C6H9N5O. The van der Waals surface area contributed by atoms with Crippen molar-refractivity contribution >= 4 is 6.40 Å². The van der Waals surface area contributed by atoms with Crippen molar-refractivity contribution in [3.05, 3.63) is 11.9 Å². The van der Waals surface area contributed by atoms with E-state index in [9.17, 15) is 0 Å². The zero-order valence-corrected chi connectivity index (χ0v) is 6.47. The maximum Gasteiger partial charge on any atom is 0.225 e. The predicted molar refractivity (Wildman–Crippen MR) is 40.9 cm³/mol. The summed E-state index contributed by atoms with van der Waals surface area (Å²) in [6.45, 7) is 2.78. The number of hydrazone groups is 1. The van der Waals surface area contributed by atoms with Crippen LogP contribution in [0.4, 0.5) is 0 Å². The van der Waals surface area contributed by atoms with Crippen LogP contribution in [0.5, 0.6) is 0 Å². The summed E-state index contributed by atoms with van der Waals surface area (Å²) in [4.78, 5) is 5.16. The Labute approximate surface area is 69.6 Å². The second-order valence-corrected chi connectivity index (χ2v) is 2.82. The molecule has 0 aromatic rings. The SMILES string of the molecule is C1=NN2C=C3CNCCN3N2O1. The van der Waals surface area contributed by atoms with E-state index in [0.29, 0.717) is 0 Å². The van der Waals surface area contributed by atoms with Gasteiger partial charge in [-0.25, -0.2) is 0 Å². The summed E-state index contributed by atoms with van der Waals surface area (Å²) in [5, 5.41) is 12.7. The zero-order chi connectivity index (χ0) is 7.97. The van der Waals surface area contributed by atoms with Crippen LogP contribution in [0, 0.1) is 0 Å². The molecule has 1 saturated heterocycles. The Hall–Kier alpha value is -1.27. The molecule has 0 atom stereocenters. The van der Waals surface area contributed by atoms with Gasteiger partial charge in [-0.3, -0.25) is 5.01 Å². The normalized spacial score (nSPS) is 26.8. The quantitative estimate of drug-likeness (QED) is 0.505. The first-order valence-electron chi connectivity index (χ1n) is 3.92. The number of fused-ring (bicyclic) bond motifs is 3. The third-order valence-electron chi connectivity index (χ3n) is 2.09. The highest BCUT2D eigenvalue weighted by Gasteiger charge is 2.35. The smallest absolute Gasteiger partial charge is 0.225 e. The summed E-state index contributed by atoms with van der Waals surface area (Å²) < 4.78 is 0. The van der Waals surface area contributed by atoms with Crippen molar-refractivity contribution in [2.45, 2.75) is 0 Å². The topological polar surface area (TPSA) is 43.3 Å². The molecule has 0 radical (unpaired) electrons. The molecular weight excluding hydrogens is 158 g/mol. The minimum Gasteiger partial charge on any atom is -0.351 e. The van der Waals surface area contributed by atoms with Crippen molar-refractivity contribution < 1.29 is 4.84 Å². The fourth-order valence-electron chi connectivity index (χ4n) is 1.53. The van der Waals surface area contributed by atoms with Crippen LogP contribution in [-0.4, -0.2) is 41.4 Å². The van der Waals surface area contributed by atoms with Gasteiger partial charge in [-0.15, -0.1) is 10.2 Å². The molecule has 3 aliphatic rings. The zero-order valence-electron chi connectivity index (χ0n) is 6.47. The Bertz CT molecular complexity index is 263. The maximum atomic E-state index is 5.16. The van der Waals surface area contributed by atoms with E-state index in [1.807, 2.05) is 6.20 Å². The molecule has 1 fully saturated rings. The predicted octanol–water partition coefficient (Wildman–Crippen LogP) is -0.931. The van der Waals surface area contributed by atoms with Crippen LogP contribution in [0.15, 0.2) is 17.0 Å². The second kappa shape index (κ2) is 2.11. The molecule has 0 aromatic heterocycles. The average Bonchev–Trinajstić information content (AvgIpc) is 2.62. The van der Waals surface area contributed by atoms with E-state index in [-0.39, 0.29) is 0 Å². The van der Waals surface area contributed by atoms with Gasteiger partial charge in [0.05, 0.1) is 23.7 Å². The molecule has 0 aromatic carbocycles. The van der Waals surface area contributed by atoms with Crippen LogP contribution in [-0.2, 0) is 4.84 Å². The molecule has 0 amide bonds. The van der Waals surface area contributed by atoms with Gasteiger partial charge in [0.2, 0.25) is 6.40 Å². The number of nitrogens with zero attached hydrogens (tertiary/aromatic N) is 4. The molecule has 0 unspecified atom stereocenters. The number of hydrogen-bond acceptors (Lipinski definition) is 6. The lowest BCUT2D eigenvalue weighted by Gasteiger charge is -2.31. The van der Waals surface area contributed by atoms with E-state index >= 15 is 0 Å². The Kier molecular flexibility index (Phi) is 1.10. The fraction of sp³-hybridized carbons (Fsp3) is 0.500. The molecule has 3 heterocycles. The van der Waals surface area contributed by atoms with Crippen LogP contribution in [0.2, 0.25) is 0 Å².